The molecule has 1 aliphatic rings. The van der Waals surface area contributed by atoms with Crippen molar-refractivity contribution >= 4 is 0 Å². The van der Waals surface area contributed by atoms with Crippen LogP contribution in [0.4, 0.5) is 0 Å². The largest absolute Gasteiger partial charge is 0.381 e. The van der Waals surface area contributed by atoms with E-state index >= 15 is 0 Å². The van der Waals surface area contributed by atoms with Crippen LogP contribution in [0.1, 0.15) is 30.8 Å². The van der Waals surface area contributed by atoms with Crippen LogP contribution in [0.15, 0.2) is 10.6 Å². The fraction of sp³-hybridized carbons (Fsp3) is 0.583. The number of aromatic nitrogens is 4. The van der Waals surface area contributed by atoms with Gasteiger partial charge >= 0.3 is 0 Å². The third-order valence-corrected chi connectivity index (χ3v) is 3.16. The standard InChI is InChI=1S/C12H16N4O2/c1-3-16-10(6-8(2)14-16)12-13-11(15-18-12)9-4-5-17-7-9/h6,9H,3-5,7H2,1-2H3/t9-/m0/s1. The summed E-state index contributed by atoms with van der Waals surface area (Å²) in [4.78, 5) is 4.47. The molecule has 0 bridgehead atoms. The Labute approximate surface area is 105 Å². The molecular weight excluding hydrogens is 232 g/mol. The molecule has 2 aromatic rings. The number of rotatable bonds is 3. The maximum Gasteiger partial charge on any atom is 0.276 e. The van der Waals surface area contributed by atoms with Crippen LogP contribution in [0, 0.1) is 6.92 Å². The van der Waals surface area contributed by atoms with Crippen molar-refractivity contribution in [1.82, 2.24) is 19.9 Å². The zero-order chi connectivity index (χ0) is 12.5. The molecular formula is C12H16N4O2. The summed E-state index contributed by atoms with van der Waals surface area (Å²) in [6, 6.07) is 1.96. The molecule has 0 unspecified atom stereocenters. The van der Waals surface area contributed by atoms with E-state index in [1.165, 1.54) is 0 Å². The Kier molecular flexibility index (Phi) is 2.87. The fourth-order valence-electron chi connectivity index (χ4n) is 2.20. The predicted molar refractivity (Wildman–Crippen MR) is 64.1 cm³/mol. The number of hydrogen-bond acceptors (Lipinski definition) is 5. The van der Waals surface area contributed by atoms with Gasteiger partial charge in [-0.3, -0.25) is 4.68 Å². The maximum absolute atomic E-state index is 5.34. The molecule has 1 saturated heterocycles. The minimum Gasteiger partial charge on any atom is -0.381 e. The first-order valence-corrected chi connectivity index (χ1v) is 6.24. The van der Waals surface area contributed by atoms with Crippen LogP contribution in [0.2, 0.25) is 0 Å². The van der Waals surface area contributed by atoms with Gasteiger partial charge in [0, 0.05) is 19.1 Å². The number of aryl methyl sites for hydroxylation is 2. The smallest absolute Gasteiger partial charge is 0.276 e. The fourth-order valence-corrected chi connectivity index (χ4v) is 2.20. The van der Waals surface area contributed by atoms with Gasteiger partial charge in [-0.05, 0) is 26.3 Å². The topological polar surface area (TPSA) is 66.0 Å². The van der Waals surface area contributed by atoms with Gasteiger partial charge in [0.15, 0.2) is 5.82 Å². The lowest BCUT2D eigenvalue weighted by Gasteiger charge is -1.99. The predicted octanol–water partition coefficient (Wildman–Crippen LogP) is 1.77. The summed E-state index contributed by atoms with van der Waals surface area (Å²) in [5.41, 5.74) is 1.84. The van der Waals surface area contributed by atoms with Crippen LogP contribution < -0.4 is 0 Å². The van der Waals surface area contributed by atoms with Crippen molar-refractivity contribution in [2.45, 2.75) is 32.7 Å². The summed E-state index contributed by atoms with van der Waals surface area (Å²) in [7, 11) is 0. The van der Waals surface area contributed by atoms with Crippen molar-refractivity contribution in [1.29, 1.82) is 0 Å². The summed E-state index contributed by atoms with van der Waals surface area (Å²) >= 11 is 0. The van der Waals surface area contributed by atoms with Crippen molar-refractivity contribution < 1.29 is 9.26 Å². The van der Waals surface area contributed by atoms with E-state index in [1.54, 1.807) is 0 Å². The van der Waals surface area contributed by atoms with Crippen LogP contribution in [0.3, 0.4) is 0 Å². The van der Waals surface area contributed by atoms with Gasteiger partial charge < -0.3 is 9.26 Å². The van der Waals surface area contributed by atoms with Crippen molar-refractivity contribution in [3.05, 3.63) is 17.6 Å². The Bertz CT molecular complexity index is 540. The maximum atomic E-state index is 5.34. The van der Waals surface area contributed by atoms with E-state index in [0.29, 0.717) is 12.5 Å². The molecule has 6 heteroatoms. The quantitative estimate of drug-likeness (QED) is 0.828. The Hall–Kier alpha value is -1.69. The number of nitrogens with zero attached hydrogens (tertiary/aromatic N) is 4. The number of ether oxygens (including phenoxy) is 1. The lowest BCUT2D eigenvalue weighted by Crippen LogP contribution is -2.01. The lowest BCUT2D eigenvalue weighted by atomic mass is 10.1. The third-order valence-electron chi connectivity index (χ3n) is 3.16. The van der Waals surface area contributed by atoms with Gasteiger partial charge in [-0.2, -0.15) is 10.1 Å². The first kappa shape index (κ1) is 11.4. The third kappa shape index (κ3) is 1.92. The zero-order valence-electron chi connectivity index (χ0n) is 10.6. The average Bonchev–Trinajstić information content (AvgIpc) is 3.08. The second-order valence-electron chi connectivity index (χ2n) is 4.50. The summed E-state index contributed by atoms with van der Waals surface area (Å²) in [5, 5.41) is 8.43. The zero-order valence-corrected chi connectivity index (χ0v) is 10.6. The molecule has 1 atom stereocenters. The van der Waals surface area contributed by atoms with Gasteiger partial charge in [-0.25, -0.2) is 0 Å². The first-order chi connectivity index (χ1) is 8.78. The molecule has 0 radical (unpaired) electrons. The first-order valence-electron chi connectivity index (χ1n) is 6.24. The van der Waals surface area contributed by atoms with Crippen molar-refractivity contribution in [2.24, 2.45) is 0 Å². The highest BCUT2D eigenvalue weighted by atomic mass is 16.5. The molecule has 1 aliphatic heterocycles. The van der Waals surface area contributed by atoms with Gasteiger partial charge in [0.2, 0.25) is 0 Å². The summed E-state index contributed by atoms with van der Waals surface area (Å²) in [6.07, 6.45) is 0.963. The second kappa shape index (κ2) is 4.53. The van der Waals surface area contributed by atoms with E-state index in [4.69, 9.17) is 9.26 Å². The van der Waals surface area contributed by atoms with Gasteiger partial charge in [0.1, 0.15) is 5.69 Å². The molecule has 0 saturated carbocycles. The minimum absolute atomic E-state index is 0.265. The molecule has 0 amide bonds. The van der Waals surface area contributed by atoms with E-state index in [-0.39, 0.29) is 5.92 Å². The van der Waals surface area contributed by atoms with E-state index in [0.717, 1.165) is 36.8 Å². The summed E-state index contributed by atoms with van der Waals surface area (Å²) < 4.78 is 12.6. The molecule has 2 aromatic heterocycles. The highest BCUT2D eigenvalue weighted by Gasteiger charge is 2.24. The lowest BCUT2D eigenvalue weighted by molar-refractivity contribution is 0.192. The van der Waals surface area contributed by atoms with E-state index < -0.39 is 0 Å². The SMILES string of the molecule is CCn1nc(C)cc1-c1nc([C@H]2CCOC2)no1. The van der Waals surface area contributed by atoms with Crippen molar-refractivity contribution in [3.63, 3.8) is 0 Å². The summed E-state index contributed by atoms with van der Waals surface area (Å²) in [5.74, 6) is 1.55. The van der Waals surface area contributed by atoms with Crippen LogP contribution in [0.25, 0.3) is 11.6 Å². The Morgan fingerprint density at radius 2 is 2.39 bits per heavy atom. The molecule has 1 fully saturated rings. The normalized spacial score (nSPS) is 19.6. The van der Waals surface area contributed by atoms with Crippen molar-refractivity contribution in [2.75, 3.05) is 13.2 Å². The van der Waals surface area contributed by atoms with Crippen molar-refractivity contribution in [3.8, 4) is 11.6 Å². The molecule has 3 rings (SSSR count). The minimum atomic E-state index is 0.265. The molecule has 0 aliphatic carbocycles. The van der Waals surface area contributed by atoms with Gasteiger partial charge in [0.05, 0.1) is 12.3 Å². The molecule has 0 N–H and O–H groups in total. The van der Waals surface area contributed by atoms with E-state index in [9.17, 15) is 0 Å². The van der Waals surface area contributed by atoms with Gasteiger partial charge in [-0.1, -0.05) is 5.16 Å². The molecule has 18 heavy (non-hydrogen) atoms. The van der Waals surface area contributed by atoms with Crippen LogP contribution in [-0.4, -0.2) is 33.1 Å². The van der Waals surface area contributed by atoms with Gasteiger partial charge in [0.25, 0.3) is 5.89 Å². The molecule has 6 nitrogen and oxygen atoms in total. The Balaban J connectivity index is 1.92. The Morgan fingerprint density at radius 3 is 3.11 bits per heavy atom. The number of hydrogen-bond donors (Lipinski definition) is 0. The molecule has 96 valence electrons. The van der Waals surface area contributed by atoms with E-state index in [2.05, 4.69) is 15.2 Å². The van der Waals surface area contributed by atoms with Crippen LogP contribution in [0.5, 0.6) is 0 Å². The highest BCUT2D eigenvalue weighted by molar-refractivity contribution is 5.47. The second-order valence-corrected chi connectivity index (χ2v) is 4.50. The highest BCUT2D eigenvalue weighted by Crippen LogP contribution is 2.25. The van der Waals surface area contributed by atoms with Crippen LogP contribution >= 0.6 is 0 Å². The van der Waals surface area contributed by atoms with Crippen LogP contribution in [-0.2, 0) is 11.3 Å². The molecule has 0 spiro atoms. The summed E-state index contributed by atoms with van der Waals surface area (Å²) in [6.45, 7) is 6.24. The average molecular weight is 248 g/mol. The molecule has 0 aromatic carbocycles. The van der Waals surface area contributed by atoms with E-state index in [1.807, 2.05) is 24.6 Å². The monoisotopic (exact) mass is 248 g/mol. The Morgan fingerprint density at radius 1 is 1.50 bits per heavy atom. The van der Waals surface area contributed by atoms with Gasteiger partial charge in [-0.15, -0.1) is 0 Å². The molecule has 3 heterocycles.